The minimum atomic E-state index is -0.190. The monoisotopic (exact) mass is 252 g/mol. The van der Waals surface area contributed by atoms with Gasteiger partial charge in [0.05, 0.1) is 0 Å². The molecule has 1 rings (SSSR count). The summed E-state index contributed by atoms with van der Waals surface area (Å²) in [6.07, 6.45) is 0.292. The summed E-state index contributed by atoms with van der Waals surface area (Å²) in [4.78, 5) is 23.5. The molecule has 0 saturated heterocycles. The Morgan fingerprint density at radius 1 is 1.29 bits per heavy atom. The Morgan fingerprint density at radius 2 is 2.06 bits per heavy atom. The zero-order valence-corrected chi connectivity index (χ0v) is 10.6. The molecule has 1 aromatic rings. The number of carbonyl (C=O) groups is 2. The first-order valence-corrected chi connectivity index (χ1v) is 5.92. The summed E-state index contributed by atoms with van der Waals surface area (Å²) >= 11 is 4.16. The summed E-state index contributed by atoms with van der Waals surface area (Å²) in [5.74, 6) is -0.249. The van der Waals surface area contributed by atoms with Crippen molar-refractivity contribution in [2.24, 2.45) is 0 Å². The van der Waals surface area contributed by atoms with Crippen LogP contribution in [0.15, 0.2) is 29.2 Å². The predicted molar refractivity (Wildman–Crippen MR) is 69.3 cm³/mol. The molecular weight excluding hydrogens is 236 g/mol. The van der Waals surface area contributed by atoms with Crippen molar-refractivity contribution in [1.82, 2.24) is 10.6 Å². The van der Waals surface area contributed by atoms with E-state index in [1.807, 2.05) is 6.92 Å². The number of nitrogens with one attached hydrogen (secondary N) is 2. The molecule has 1 aromatic carbocycles. The third-order valence-electron chi connectivity index (χ3n) is 2.12. The van der Waals surface area contributed by atoms with Gasteiger partial charge in [-0.2, -0.15) is 0 Å². The van der Waals surface area contributed by atoms with Crippen molar-refractivity contribution in [3.05, 3.63) is 29.8 Å². The fourth-order valence-corrected chi connectivity index (χ4v) is 1.55. The molecule has 0 aliphatic carbocycles. The van der Waals surface area contributed by atoms with Gasteiger partial charge in [0, 0.05) is 30.0 Å². The van der Waals surface area contributed by atoms with E-state index in [2.05, 4.69) is 23.3 Å². The van der Waals surface area contributed by atoms with E-state index in [0.29, 0.717) is 25.1 Å². The van der Waals surface area contributed by atoms with Gasteiger partial charge < -0.3 is 10.6 Å². The molecule has 17 heavy (non-hydrogen) atoms. The maximum atomic E-state index is 11.7. The number of hydrogen-bond acceptors (Lipinski definition) is 3. The van der Waals surface area contributed by atoms with Crippen molar-refractivity contribution in [3.8, 4) is 0 Å². The molecule has 0 heterocycles. The second-order valence-electron chi connectivity index (χ2n) is 3.51. The first-order chi connectivity index (χ1) is 8.13. The van der Waals surface area contributed by atoms with Crippen molar-refractivity contribution < 1.29 is 9.59 Å². The lowest BCUT2D eigenvalue weighted by Gasteiger charge is -2.05. The summed E-state index contributed by atoms with van der Waals surface area (Å²) in [7, 11) is 0. The minimum absolute atomic E-state index is 0.0595. The van der Waals surface area contributed by atoms with Gasteiger partial charge in [-0.15, -0.1) is 12.6 Å². The molecule has 0 aromatic heterocycles. The molecule has 92 valence electrons. The molecule has 0 fully saturated rings. The van der Waals surface area contributed by atoms with Gasteiger partial charge in [-0.05, 0) is 25.1 Å². The maximum Gasteiger partial charge on any atom is 0.251 e. The molecule has 2 amide bonds. The Bertz CT molecular complexity index is 407. The van der Waals surface area contributed by atoms with Gasteiger partial charge in [0.1, 0.15) is 0 Å². The average molecular weight is 252 g/mol. The number of hydrogen-bond donors (Lipinski definition) is 3. The quantitative estimate of drug-likeness (QED) is 0.690. The number of benzene rings is 1. The summed E-state index contributed by atoms with van der Waals surface area (Å²) in [5.41, 5.74) is 0.549. The number of carbonyl (C=O) groups excluding carboxylic acids is 2. The Hall–Kier alpha value is -1.49. The van der Waals surface area contributed by atoms with Crippen LogP contribution in [0.1, 0.15) is 23.7 Å². The van der Waals surface area contributed by atoms with Crippen LogP contribution in [0.5, 0.6) is 0 Å². The molecule has 4 nitrogen and oxygen atoms in total. The van der Waals surface area contributed by atoms with E-state index in [9.17, 15) is 9.59 Å². The summed E-state index contributed by atoms with van der Waals surface area (Å²) in [5, 5.41) is 5.35. The molecule has 2 N–H and O–H groups in total. The highest BCUT2D eigenvalue weighted by Gasteiger charge is 2.06. The number of rotatable bonds is 5. The van der Waals surface area contributed by atoms with Gasteiger partial charge in [0.15, 0.2) is 0 Å². The molecule has 0 spiro atoms. The Kier molecular flexibility index (Phi) is 5.56. The van der Waals surface area contributed by atoms with Crippen LogP contribution in [-0.2, 0) is 4.79 Å². The molecule has 0 unspecified atom stereocenters. The van der Waals surface area contributed by atoms with Crippen LogP contribution >= 0.6 is 12.6 Å². The van der Waals surface area contributed by atoms with E-state index < -0.39 is 0 Å². The average Bonchev–Trinajstić information content (AvgIpc) is 2.29. The lowest BCUT2D eigenvalue weighted by molar-refractivity contribution is -0.120. The Morgan fingerprint density at radius 3 is 2.71 bits per heavy atom. The second-order valence-corrected chi connectivity index (χ2v) is 4.03. The molecule has 0 saturated carbocycles. The molecule has 0 aliphatic heterocycles. The predicted octanol–water partition coefficient (Wildman–Crippen LogP) is 1.23. The molecule has 0 aliphatic rings. The molecule has 0 atom stereocenters. The number of thiol groups is 1. The highest BCUT2D eigenvalue weighted by atomic mass is 32.1. The van der Waals surface area contributed by atoms with Crippen LogP contribution in [0.4, 0.5) is 0 Å². The largest absolute Gasteiger partial charge is 0.356 e. The topological polar surface area (TPSA) is 58.2 Å². The van der Waals surface area contributed by atoms with E-state index >= 15 is 0 Å². The van der Waals surface area contributed by atoms with Gasteiger partial charge >= 0.3 is 0 Å². The smallest absolute Gasteiger partial charge is 0.251 e. The highest BCUT2D eigenvalue weighted by molar-refractivity contribution is 7.80. The van der Waals surface area contributed by atoms with Crippen molar-refractivity contribution in [2.75, 3.05) is 13.1 Å². The molecular formula is C12H16N2O2S. The Labute approximate surface area is 106 Å². The van der Waals surface area contributed by atoms with Gasteiger partial charge in [0.2, 0.25) is 5.91 Å². The van der Waals surface area contributed by atoms with Crippen LogP contribution in [0, 0.1) is 0 Å². The van der Waals surface area contributed by atoms with Crippen LogP contribution < -0.4 is 10.6 Å². The van der Waals surface area contributed by atoms with Crippen LogP contribution in [-0.4, -0.2) is 24.9 Å². The molecule has 0 bridgehead atoms. The van der Waals surface area contributed by atoms with Crippen molar-refractivity contribution in [3.63, 3.8) is 0 Å². The maximum absolute atomic E-state index is 11.7. The minimum Gasteiger partial charge on any atom is -0.356 e. The third kappa shape index (κ3) is 4.91. The van der Waals surface area contributed by atoms with Crippen LogP contribution in [0.25, 0.3) is 0 Å². The second kappa shape index (κ2) is 6.96. The third-order valence-corrected chi connectivity index (χ3v) is 2.40. The summed E-state index contributed by atoms with van der Waals surface area (Å²) < 4.78 is 0. The van der Waals surface area contributed by atoms with E-state index in [1.165, 1.54) is 0 Å². The van der Waals surface area contributed by atoms with Gasteiger partial charge in [-0.1, -0.05) is 6.07 Å². The first kappa shape index (κ1) is 13.6. The zero-order valence-electron chi connectivity index (χ0n) is 9.69. The Balaban J connectivity index is 2.38. The summed E-state index contributed by atoms with van der Waals surface area (Å²) in [6.45, 7) is 2.80. The van der Waals surface area contributed by atoms with Gasteiger partial charge in [0.25, 0.3) is 5.91 Å². The van der Waals surface area contributed by atoms with Crippen LogP contribution in [0.3, 0.4) is 0 Å². The van der Waals surface area contributed by atoms with E-state index in [0.717, 1.165) is 4.90 Å². The molecule has 5 heteroatoms. The standard InChI is InChI=1S/C12H16N2O2S/c1-2-13-11(15)6-7-14-12(16)9-4-3-5-10(17)8-9/h3-5,8,17H,2,6-7H2,1H3,(H,13,15)(H,14,16). The van der Waals surface area contributed by atoms with E-state index in [1.54, 1.807) is 24.3 Å². The van der Waals surface area contributed by atoms with Gasteiger partial charge in [-0.3, -0.25) is 9.59 Å². The highest BCUT2D eigenvalue weighted by Crippen LogP contribution is 2.08. The van der Waals surface area contributed by atoms with E-state index in [4.69, 9.17) is 0 Å². The van der Waals surface area contributed by atoms with Crippen molar-refractivity contribution in [1.29, 1.82) is 0 Å². The number of amides is 2. The molecule has 0 radical (unpaired) electrons. The van der Waals surface area contributed by atoms with Crippen molar-refractivity contribution in [2.45, 2.75) is 18.2 Å². The fourth-order valence-electron chi connectivity index (χ4n) is 1.32. The zero-order chi connectivity index (χ0) is 12.7. The first-order valence-electron chi connectivity index (χ1n) is 5.47. The van der Waals surface area contributed by atoms with Gasteiger partial charge in [-0.25, -0.2) is 0 Å². The lowest BCUT2D eigenvalue weighted by atomic mass is 10.2. The normalized spacial score (nSPS) is 9.76. The summed E-state index contributed by atoms with van der Waals surface area (Å²) in [6, 6.07) is 6.96. The van der Waals surface area contributed by atoms with E-state index in [-0.39, 0.29) is 11.8 Å². The fraction of sp³-hybridized carbons (Fsp3) is 0.333. The van der Waals surface area contributed by atoms with Crippen LogP contribution in [0.2, 0.25) is 0 Å². The lowest BCUT2D eigenvalue weighted by Crippen LogP contribution is -2.30. The van der Waals surface area contributed by atoms with Crippen molar-refractivity contribution >= 4 is 24.4 Å². The SMILES string of the molecule is CCNC(=O)CCNC(=O)c1cccc(S)c1.